The van der Waals surface area contributed by atoms with Crippen LogP contribution in [0, 0.1) is 6.92 Å². The molecule has 0 spiro atoms. The fraction of sp³-hybridized carbons (Fsp3) is 0.481. The number of ether oxygens (including phenoxy) is 1. The Kier molecular flexibility index (Phi) is 11.3. The van der Waals surface area contributed by atoms with Crippen LogP contribution in [0.1, 0.15) is 51.2 Å². The molecule has 0 aliphatic heterocycles. The summed E-state index contributed by atoms with van der Waals surface area (Å²) in [6.45, 7) is 7.98. The SMILES string of the molecule is CC[C@@H](C(=O)NC(C)C)N(Cc1ccc(C)cc1)C(=O)CCCN(c1ccc(OC)c(Cl)c1)S(C)(=O)=O. The van der Waals surface area contributed by atoms with Crippen LogP contribution in [0.4, 0.5) is 5.69 Å². The van der Waals surface area contributed by atoms with Gasteiger partial charge in [0.25, 0.3) is 0 Å². The Morgan fingerprint density at radius 2 is 1.76 bits per heavy atom. The number of nitrogens with one attached hydrogen (secondary N) is 1. The number of nitrogens with zero attached hydrogens (tertiary/aromatic N) is 2. The van der Waals surface area contributed by atoms with Crippen LogP contribution in [0.3, 0.4) is 0 Å². The fourth-order valence-electron chi connectivity index (χ4n) is 4.00. The molecule has 2 aromatic carbocycles. The van der Waals surface area contributed by atoms with Gasteiger partial charge in [-0.1, -0.05) is 48.4 Å². The molecule has 2 rings (SSSR count). The van der Waals surface area contributed by atoms with Gasteiger partial charge < -0.3 is 15.0 Å². The van der Waals surface area contributed by atoms with Crippen LogP contribution in [0.5, 0.6) is 5.75 Å². The molecule has 0 radical (unpaired) electrons. The minimum absolute atomic E-state index is 0.0579. The van der Waals surface area contributed by atoms with Crippen LogP contribution in [0.25, 0.3) is 0 Å². The van der Waals surface area contributed by atoms with Crippen molar-refractivity contribution in [1.82, 2.24) is 10.2 Å². The van der Waals surface area contributed by atoms with E-state index in [2.05, 4.69) is 5.32 Å². The van der Waals surface area contributed by atoms with E-state index in [9.17, 15) is 18.0 Å². The molecular weight excluding hydrogens is 514 g/mol. The molecule has 0 aliphatic rings. The molecule has 0 fully saturated rings. The molecule has 0 heterocycles. The normalized spacial score (nSPS) is 12.2. The minimum Gasteiger partial charge on any atom is -0.495 e. The summed E-state index contributed by atoms with van der Waals surface area (Å²) in [6, 6.07) is 11.9. The molecule has 0 bridgehead atoms. The van der Waals surface area contributed by atoms with Crippen molar-refractivity contribution in [1.29, 1.82) is 0 Å². The summed E-state index contributed by atoms with van der Waals surface area (Å²) in [5.41, 5.74) is 2.41. The number of rotatable bonds is 13. The van der Waals surface area contributed by atoms with Crippen LogP contribution in [-0.2, 0) is 26.2 Å². The van der Waals surface area contributed by atoms with E-state index in [0.717, 1.165) is 17.4 Å². The summed E-state index contributed by atoms with van der Waals surface area (Å²) >= 11 is 6.21. The number of aryl methyl sites for hydroxylation is 1. The first kappa shape index (κ1) is 30.4. The van der Waals surface area contributed by atoms with E-state index in [1.165, 1.54) is 17.5 Å². The highest BCUT2D eigenvalue weighted by atomic mass is 35.5. The lowest BCUT2D eigenvalue weighted by Gasteiger charge is -2.31. The number of sulfonamides is 1. The van der Waals surface area contributed by atoms with Crippen molar-refractivity contribution in [3.63, 3.8) is 0 Å². The van der Waals surface area contributed by atoms with Gasteiger partial charge in [-0.15, -0.1) is 0 Å². The van der Waals surface area contributed by atoms with Gasteiger partial charge >= 0.3 is 0 Å². The summed E-state index contributed by atoms with van der Waals surface area (Å²) in [4.78, 5) is 28.0. The number of amides is 2. The molecule has 1 N–H and O–H groups in total. The van der Waals surface area contributed by atoms with Crippen molar-refractivity contribution in [2.24, 2.45) is 0 Å². The van der Waals surface area contributed by atoms with Gasteiger partial charge in [0.15, 0.2) is 0 Å². The summed E-state index contributed by atoms with van der Waals surface area (Å²) in [7, 11) is -2.15. The lowest BCUT2D eigenvalue weighted by molar-refractivity contribution is -0.141. The number of hydrogen-bond donors (Lipinski definition) is 1. The molecule has 37 heavy (non-hydrogen) atoms. The average Bonchev–Trinajstić information content (AvgIpc) is 2.81. The van der Waals surface area contributed by atoms with Gasteiger partial charge in [0.1, 0.15) is 11.8 Å². The summed E-state index contributed by atoms with van der Waals surface area (Å²) < 4.78 is 31.4. The highest BCUT2D eigenvalue weighted by molar-refractivity contribution is 7.92. The predicted molar refractivity (Wildman–Crippen MR) is 149 cm³/mol. The molecule has 0 unspecified atom stereocenters. The molecule has 0 saturated carbocycles. The molecule has 2 amide bonds. The van der Waals surface area contributed by atoms with E-state index in [4.69, 9.17) is 16.3 Å². The molecule has 1 atom stereocenters. The first-order chi connectivity index (χ1) is 17.4. The molecule has 2 aromatic rings. The lowest BCUT2D eigenvalue weighted by Crippen LogP contribution is -2.50. The van der Waals surface area contributed by atoms with Crippen molar-refractivity contribution in [3.05, 3.63) is 58.6 Å². The predicted octanol–water partition coefficient (Wildman–Crippen LogP) is 4.54. The Hall–Kier alpha value is -2.78. The molecule has 204 valence electrons. The lowest BCUT2D eigenvalue weighted by atomic mass is 10.1. The molecule has 0 aromatic heterocycles. The third-order valence-corrected chi connectivity index (χ3v) is 7.36. The van der Waals surface area contributed by atoms with Gasteiger partial charge in [-0.05, 0) is 57.4 Å². The third-order valence-electron chi connectivity index (χ3n) is 5.87. The number of benzene rings is 2. The number of hydrogen-bond acceptors (Lipinski definition) is 5. The maximum absolute atomic E-state index is 13.5. The van der Waals surface area contributed by atoms with Gasteiger partial charge in [0, 0.05) is 25.6 Å². The molecule has 0 aliphatic carbocycles. The van der Waals surface area contributed by atoms with Gasteiger partial charge in [0.05, 0.1) is 24.1 Å². The second-order valence-corrected chi connectivity index (χ2v) is 11.7. The Labute approximate surface area is 226 Å². The Bertz CT molecular complexity index is 1170. The van der Waals surface area contributed by atoms with Crippen molar-refractivity contribution in [2.45, 2.75) is 65.6 Å². The highest BCUT2D eigenvalue weighted by Gasteiger charge is 2.29. The molecule has 0 saturated heterocycles. The van der Waals surface area contributed by atoms with Gasteiger partial charge in [0.2, 0.25) is 21.8 Å². The van der Waals surface area contributed by atoms with Gasteiger partial charge in [-0.3, -0.25) is 13.9 Å². The second-order valence-electron chi connectivity index (χ2n) is 9.35. The van der Waals surface area contributed by atoms with Crippen LogP contribution < -0.4 is 14.4 Å². The first-order valence-corrected chi connectivity index (χ1v) is 14.6. The largest absolute Gasteiger partial charge is 0.495 e. The van der Waals surface area contributed by atoms with Crippen molar-refractivity contribution < 1.29 is 22.7 Å². The van der Waals surface area contributed by atoms with Gasteiger partial charge in [-0.2, -0.15) is 0 Å². The first-order valence-electron chi connectivity index (χ1n) is 12.3. The summed E-state index contributed by atoms with van der Waals surface area (Å²) in [5.74, 6) is 0.0159. The van der Waals surface area contributed by atoms with Crippen LogP contribution in [0.15, 0.2) is 42.5 Å². The molecule has 10 heteroatoms. The van der Waals surface area contributed by atoms with E-state index < -0.39 is 16.1 Å². The molecular formula is C27H38ClN3O5S. The summed E-state index contributed by atoms with van der Waals surface area (Å²) in [6.07, 6.45) is 1.91. The maximum Gasteiger partial charge on any atom is 0.243 e. The monoisotopic (exact) mass is 551 g/mol. The highest BCUT2D eigenvalue weighted by Crippen LogP contribution is 2.30. The number of halogens is 1. The summed E-state index contributed by atoms with van der Waals surface area (Å²) in [5, 5.41) is 3.20. The van der Waals surface area contributed by atoms with E-state index in [1.807, 2.05) is 52.0 Å². The standard InChI is InChI=1S/C27H38ClN3O5S/c1-7-24(27(33)29-19(2)3)30(18-21-12-10-20(4)11-13-21)26(32)9-8-16-31(37(6,34)35)22-14-15-25(36-5)23(28)17-22/h10-15,17,19,24H,7-9,16,18H2,1-6H3,(H,29,33)/t24-/m0/s1. The zero-order valence-corrected chi connectivity index (χ0v) is 24.0. The average molecular weight is 552 g/mol. The quantitative estimate of drug-likeness (QED) is 0.394. The number of carbonyl (C=O) groups is 2. The fourth-order valence-corrected chi connectivity index (χ4v) is 5.21. The topological polar surface area (TPSA) is 96.0 Å². The van der Waals surface area contributed by atoms with E-state index in [-0.39, 0.29) is 48.8 Å². The van der Waals surface area contributed by atoms with Crippen molar-refractivity contribution in [2.75, 3.05) is 24.2 Å². The van der Waals surface area contributed by atoms with Gasteiger partial charge in [-0.25, -0.2) is 8.42 Å². The van der Waals surface area contributed by atoms with Crippen LogP contribution in [-0.4, -0.2) is 57.1 Å². The zero-order chi connectivity index (χ0) is 27.8. The molecule has 8 nitrogen and oxygen atoms in total. The van der Waals surface area contributed by atoms with Crippen LogP contribution >= 0.6 is 11.6 Å². The Balaban J connectivity index is 2.23. The van der Waals surface area contributed by atoms with E-state index in [1.54, 1.807) is 17.0 Å². The Morgan fingerprint density at radius 3 is 2.27 bits per heavy atom. The zero-order valence-electron chi connectivity index (χ0n) is 22.5. The Morgan fingerprint density at radius 1 is 1.11 bits per heavy atom. The number of methoxy groups -OCH3 is 1. The minimum atomic E-state index is -3.63. The second kappa shape index (κ2) is 13.7. The van der Waals surface area contributed by atoms with Crippen LogP contribution in [0.2, 0.25) is 5.02 Å². The van der Waals surface area contributed by atoms with E-state index >= 15 is 0 Å². The maximum atomic E-state index is 13.5. The van der Waals surface area contributed by atoms with Crippen molar-refractivity contribution in [3.8, 4) is 5.75 Å². The van der Waals surface area contributed by atoms with Crippen molar-refractivity contribution >= 4 is 39.1 Å². The number of carbonyl (C=O) groups excluding carboxylic acids is 2. The number of anilines is 1. The van der Waals surface area contributed by atoms with E-state index in [0.29, 0.717) is 17.9 Å². The third kappa shape index (κ3) is 8.93. The smallest absolute Gasteiger partial charge is 0.243 e.